The van der Waals surface area contributed by atoms with Crippen LogP contribution in [-0.2, 0) is 27.7 Å². The Morgan fingerprint density at radius 3 is 2.60 bits per heavy atom. The van der Waals surface area contributed by atoms with E-state index in [4.69, 9.17) is 9.47 Å². The number of carbonyl (C=O) groups is 1. The van der Waals surface area contributed by atoms with E-state index in [9.17, 15) is 23.1 Å². The SMILES string of the molecule is CC(C)(C)OC(=O)N(CC1CCc2cc(S(=O)(=O)Nc3ccc(-n4nnn(CCCC5CCCC5)c4=O)cc3)ccc2O1)C[C@H](O)c1ccc2nnnn2c1. The Kier molecular flexibility index (Phi) is 10.9. The van der Waals surface area contributed by atoms with Crippen LogP contribution >= 0.6 is 0 Å². The summed E-state index contributed by atoms with van der Waals surface area (Å²) in [5.41, 5.74) is 1.43. The van der Waals surface area contributed by atoms with Gasteiger partial charge in [-0.3, -0.25) is 4.72 Å². The van der Waals surface area contributed by atoms with Crippen LogP contribution in [0.25, 0.3) is 11.3 Å². The van der Waals surface area contributed by atoms with Gasteiger partial charge in [0.15, 0.2) is 5.65 Å². The molecule has 0 saturated heterocycles. The fourth-order valence-corrected chi connectivity index (χ4v) is 8.18. The number of aliphatic hydroxyl groups excluding tert-OH is 1. The zero-order chi connectivity index (χ0) is 38.7. The first-order chi connectivity index (χ1) is 26.3. The van der Waals surface area contributed by atoms with Gasteiger partial charge in [0.1, 0.15) is 17.5 Å². The van der Waals surface area contributed by atoms with Crippen molar-refractivity contribution in [3.63, 3.8) is 0 Å². The molecule has 1 aliphatic carbocycles. The molecule has 2 aromatic carbocycles. The summed E-state index contributed by atoms with van der Waals surface area (Å²) >= 11 is 0. The lowest BCUT2D eigenvalue weighted by molar-refractivity contribution is 0.00362. The fourth-order valence-electron chi connectivity index (χ4n) is 7.07. The summed E-state index contributed by atoms with van der Waals surface area (Å²) in [7, 11) is -3.97. The Bertz CT molecular complexity index is 2290. The van der Waals surface area contributed by atoms with Crippen molar-refractivity contribution in [2.24, 2.45) is 5.92 Å². The first-order valence-corrected chi connectivity index (χ1v) is 20.1. The van der Waals surface area contributed by atoms with Gasteiger partial charge in [-0.1, -0.05) is 31.7 Å². The zero-order valence-corrected chi connectivity index (χ0v) is 31.9. The molecule has 18 heteroatoms. The molecule has 1 fully saturated rings. The zero-order valence-electron chi connectivity index (χ0n) is 31.1. The highest BCUT2D eigenvalue weighted by Gasteiger charge is 2.30. The Labute approximate surface area is 318 Å². The Hall–Kier alpha value is -5.36. The number of nitrogens with one attached hydrogen (secondary N) is 1. The van der Waals surface area contributed by atoms with E-state index in [1.165, 1.54) is 50.5 Å². The second-order valence-electron chi connectivity index (χ2n) is 15.2. The maximum Gasteiger partial charge on any atom is 0.410 e. The summed E-state index contributed by atoms with van der Waals surface area (Å²) in [6, 6.07) is 14.4. The maximum absolute atomic E-state index is 13.4. The number of pyridine rings is 1. The standard InChI is InChI=1S/C37H46N10O7S/c1-37(2,3)54-36(50)44(24-32(48)27-11-19-34-38-40-41-46(34)22-27)23-30-16-10-26-21-31(17-18-33(26)53-30)55(51,52)39-28-12-14-29(15-13-28)47-35(49)45(42-43-47)20-6-9-25-7-4-5-8-25/h11-15,17-19,21-22,25,30,32,39,48H,4-10,16,20,23-24H2,1-3H3/t30?,32-/m0/s1. The minimum absolute atomic E-state index is 0.0622. The molecule has 1 aliphatic heterocycles. The maximum atomic E-state index is 13.4. The predicted octanol–water partition coefficient (Wildman–Crippen LogP) is 4.30. The second-order valence-corrected chi connectivity index (χ2v) is 16.9. The van der Waals surface area contributed by atoms with Gasteiger partial charge in [-0.05, 0) is 127 Å². The monoisotopic (exact) mass is 774 g/mol. The normalized spacial score (nSPS) is 16.8. The molecule has 5 aromatic rings. The predicted molar refractivity (Wildman–Crippen MR) is 200 cm³/mol. The van der Waals surface area contributed by atoms with Crippen LogP contribution in [0.1, 0.15) is 82.9 Å². The van der Waals surface area contributed by atoms with Crippen LogP contribution in [0.5, 0.6) is 5.75 Å². The molecule has 292 valence electrons. The molecule has 1 amide bonds. The number of anilines is 1. The molecule has 55 heavy (non-hydrogen) atoms. The highest BCUT2D eigenvalue weighted by atomic mass is 32.2. The van der Waals surface area contributed by atoms with Gasteiger partial charge in [0.25, 0.3) is 10.0 Å². The molecule has 4 heterocycles. The van der Waals surface area contributed by atoms with E-state index in [0.29, 0.717) is 53.3 Å². The van der Waals surface area contributed by atoms with Gasteiger partial charge < -0.3 is 19.5 Å². The fraction of sp³-hybridized carbons (Fsp3) is 0.486. The average molecular weight is 775 g/mol. The minimum atomic E-state index is -3.97. The molecule has 17 nitrogen and oxygen atoms in total. The lowest BCUT2D eigenvalue weighted by Gasteiger charge is -2.33. The third-order valence-corrected chi connectivity index (χ3v) is 11.3. The van der Waals surface area contributed by atoms with Crippen molar-refractivity contribution >= 4 is 27.5 Å². The van der Waals surface area contributed by atoms with Gasteiger partial charge in [-0.15, -0.1) is 5.10 Å². The summed E-state index contributed by atoms with van der Waals surface area (Å²) in [4.78, 5) is 27.7. The number of amides is 1. The van der Waals surface area contributed by atoms with Gasteiger partial charge in [-0.2, -0.15) is 9.36 Å². The van der Waals surface area contributed by atoms with Crippen LogP contribution in [-0.4, -0.2) is 89.1 Å². The lowest BCUT2D eigenvalue weighted by atomic mass is 10.0. The molecule has 2 atom stereocenters. The molecule has 2 N–H and O–H groups in total. The number of rotatable bonds is 13. The van der Waals surface area contributed by atoms with E-state index in [1.807, 2.05) is 0 Å². The van der Waals surface area contributed by atoms with E-state index in [0.717, 1.165) is 18.8 Å². The van der Waals surface area contributed by atoms with Crippen LogP contribution in [0.15, 0.2) is 70.5 Å². The Morgan fingerprint density at radius 1 is 1.05 bits per heavy atom. The van der Waals surface area contributed by atoms with Crippen molar-refractivity contribution in [3.05, 3.63) is 82.4 Å². The highest BCUT2D eigenvalue weighted by Crippen LogP contribution is 2.32. The average Bonchev–Trinajstić information content (AvgIpc) is 3.92. The highest BCUT2D eigenvalue weighted by molar-refractivity contribution is 7.92. The number of fused-ring (bicyclic) bond motifs is 2. The molecule has 2 aliphatic rings. The van der Waals surface area contributed by atoms with Crippen molar-refractivity contribution in [2.75, 3.05) is 17.8 Å². The summed E-state index contributed by atoms with van der Waals surface area (Å²) in [6.45, 7) is 5.86. The van der Waals surface area contributed by atoms with E-state index >= 15 is 0 Å². The topological polar surface area (TPSA) is 201 Å². The number of tetrazole rings is 2. The number of sulfonamides is 1. The summed E-state index contributed by atoms with van der Waals surface area (Å²) in [5.74, 6) is 1.24. The summed E-state index contributed by atoms with van der Waals surface area (Å²) < 4.78 is 45.4. The van der Waals surface area contributed by atoms with Crippen LogP contribution in [0.4, 0.5) is 10.5 Å². The third kappa shape index (κ3) is 9.13. The number of ether oxygens (including phenoxy) is 2. The number of hydrogen-bond acceptors (Lipinski definition) is 12. The molecular weight excluding hydrogens is 729 g/mol. The summed E-state index contributed by atoms with van der Waals surface area (Å²) in [6.07, 6.45) is 7.52. The Morgan fingerprint density at radius 2 is 1.84 bits per heavy atom. The molecular formula is C37H46N10O7S. The quantitative estimate of drug-likeness (QED) is 0.172. The number of aryl methyl sites for hydroxylation is 2. The van der Waals surface area contributed by atoms with Gasteiger partial charge in [0.2, 0.25) is 0 Å². The van der Waals surface area contributed by atoms with Crippen LogP contribution < -0.4 is 15.1 Å². The van der Waals surface area contributed by atoms with Crippen molar-refractivity contribution in [1.29, 1.82) is 0 Å². The number of carbonyl (C=O) groups excluding carboxylic acids is 1. The van der Waals surface area contributed by atoms with E-state index in [2.05, 4.69) is 30.7 Å². The second kappa shape index (κ2) is 15.8. The summed E-state index contributed by atoms with van der Waals surface area (Å²) in [5, 5.41) is 30.6. The smallest absolute Gasteiger partial charge is 0.410 e. The number of benzene rings is 2. The van der Waals surface area contributed by atoms with Crippen molar-refractivity contribution in [3.8, 4) is 11.4 Å². The number of aliphatic hydroxyl groups is 1. The molecule has 7 rings (SSSR count). The molecule has 1 saturated carbocycles. The van der Waals surface area contributed by atoms with Crippen LogP contribution in [0.3, 0.4) is 0 Å². The minimum Gasteiger partial charge on any atom is -0.488 e. The van der Waals surface area contributed by atoms with Crippen molar-refractivity contribution < 1.29 is 27.8 Å². The van der Waals surface area contributed by atoms with Crippen molar-refractivity contribution in [2.45, 2.75) is 101 Å². The third-order valence-electron chi connectivity index (χ3n) is 9.90. The van der Waals surface area contributed by atoms with Gasteiger partial charge in [0.05, 0.1) is 29.8 Å². The van der Waals surface area contributed by atoms with E-state index in [1.54, 1.807) is 75.5 Å². The van der Waals surface area contributed by atoms with Gasteiger partial charge >= 0.3 is 11.8 Å². The molecule has 1 unspecified atom stereocenters. The molecule has 3 aromatic heterocycles. The Balaban J connectivity index is 0.976. The van der Waals surface area contributed by atoms with Crippen LogP contribution in [0.2, 0.25) is 0 Å². The molecule has 0 spiro atoms. The number of nitrogens with zero attached hydrogens (tertiary/aromatic N) is 9. The number of aromatic nitrogens is 8. The number of hydrogen-bond donors (Lipinski definition) is 2. The largest absolute Gasteiger partial charge is 0.488 e. The van der Waals surface area contributed by atoms with Gasteiger partial charge in [-0.25, -0.2) is 22.5 Å². The molecule has 0 radical (unpaired) electrons. The first kappa shape index (κ1) is 37.9. The molecule has 0 bridgehead atoms. The van der Waals surface area contributed by atoms with Crippen molar-refractivity contribution in [1.82, 2.24) is 44.7 Å². The lowest BCUT2D eigenvalue weighted by Crippen LogP contribution is -2.45. The first-order valence-electron chi connectivity index (χ1n) is 18.6. The van der Waals surface area contributed by atoms with Gasteiger partial charge in [0, 0.05) is 24.0 Å². The van der Waals surface area contributed by atoms with E-state index < -0.39 is 33.9 Å². The van der Waals surface area contributed by atoms with E-state index in [-0.39, 0.29) is 23.7 Å². The van der Waals surface area contributed by atoms with Crippen LogP contribution in [0, 0.1) is 5.92 Å².